The van der Waals surface area contributed by atoms with E-state index in [1.807, 2.05) is 43.3 Å². The SMILES string of the molecule is CCCn1c2ccccc2c2nnc(SCC(=O)Nc3ccc(C)cc3Br)nc21. The van der Waals surface area contributed by atoms with Gasteiger partial charge in [0.15, 0.2) is 5.65 Å². The standard InChI is InChI=1S/C21H20BrN5OS/c1-3-10-27-17-7-5-4-6-14(17)19-20(27)24-21(26-25-19)29-12-18(28)23-16-9-8-13(2)11-15(16)22/h4-9,11H,3,10,12H2,1-2H3,(H,23,28). The summed E-state index contributed by atoms with van der Waals surface area (Å²) >= 11 is 4.76. The summed E-state index contributed by atoms with van der Waals surface area (Å²) in [6.07, 6.45) is 0.994. The van der Waals surface area contributed by atoms with Crippen LogP contribution in [0, 0.1) is 6.92 Å². The zero-order chi connectivity index (χ0) is 20.4. The number of thioether (sulfide) groups is 1. The summed E-state index contributed by atoms with van der Waals surface area (Å²) < 4.78 is 3.03. The van der Waals surface area contributed by atoms with Crippen molar-refractivity contribution < 1.29 is 4.79 Å². The average molecular weight is 470 g/mol. The van der Waals surface area contributed by atoms with Crippen LogP contribution in [0.2, 0.25) is 0 Å². The molecule has 29 heavy (non-hydrogen) atoms. The second-order valence-corrected chi connectivity index (χ2v) is 8.55. The fourth-order valence-corrected chi connectivity index (χ4v) is 4.41. The fourth-order valence-electron chi connectivity index (χ4n) is 3.24. The number of anilines is 1. The van der Waals surface area contributed by atoms with Crippen molar-refractivity contribution in [1.29, 1.82) is 0 Å². The molecule has 0 spiro atoms. The number of rotatable bonds is 6. The minimum absolute atomic E-state index is 0.114. The fraction of sp³-hybridized carbons (Fsp3) is 0.238. The number of fused-ring (bicyclic) bond motifs is 3. The number of carbonyl (C=O) groups excluding carboxylic acids is 1. The number of hydrogen-bond acceptors (Lipinski definition) is 5. The third kappa shape index (κ3) is 4.13. The Bertz CT molecular complexity index is 1210. The molecule has 148 valence electrons. The molecule has 2 aromatic heterocycles. The summed E-state index contributed by atoms with van der Waals surface area (Å²) in [6, 6.07) is 13.9. The Morgan fingerprint density at radius 2 is 2.03 bits per heavy atom. The number of benzene rings is 2. The van der Waals surface area contributed by atoms with Crippen LogP contribution in [0.5, 0.6) is 0 Å². The van der Waals surface area contributed by atoms with E-state index in [2.05, 4.69) is 49.0 Å². The quantitative estimate of drug-likeness (QED) is 0.393. The highest BCUT2D eigenvalue weighted by Crippen LogP contribution is 2.28. The van der Waals surface area contributed by atoms with Crippen molar-refractivity contribution in [1.82, 2.24) is 19.7 Å². The second kappa shape index (κ2) is 8.51. The van der Waals surface area contributed by atoms with E-state index in [1.165, 1.54) is 11.8 Å². The van der Waals surface area contributed by atoms with Gasteiger partial charge in [0.1, 0.15) is 5.52 Å². The lowest BCUT2D eigenvalue weighted by Gasteiger charge is -2.08. The molecule has 0 radical (unpaired) electrons. The van der Waals surface area contributed by atoms with Gasteiger partial charge in [-0.15, -0.1) is 10.2 Å². The molecule has 4 aromatic rings. The maximum absolute atomic E-state index is 12.4. The number of aromatic nitrogens is 4. The zero-order valence-corrected chi connectivity index (χ0v) is 18.5. The molecule has 0 unspecified atom stereocenters. The van der Waals surface area contributed by atoms with Gasteiger partial charge in [-0.2, -0.15) is 0 Å². The summed E-state index contributed by atoms with van der Waals surface area (Å²) in [4.78, 5) is 17.1. The van der Waals surface area contributed by atoms with E-state index in [9.17, 15) is 4.79 Å². The molecule has 0 aliphatic heterocycles. The highest BCUT2D eigenvalue weighted by atomic mass is 79.9. The molecular weight excluding hydrogens is 450 g/mol. The summed E-state index contributed by atoms with van der Waals surface area (Å²) in [7, 11) is 0. The second-order valence-electron chi connectivity index (χ2n) is 6.76. The number of halogens is 1. The molecule has 6 nitrogen and oxygen atoms in total. The average Bonchev–Trinajstić information content (AvgIpc) is 3.02. The maximum Gasteiger partial charge on any atom is 0.234 e. The lowest BCUT2D eigenvalue weighted by molar-refractivity contribution is -0.113. The van der Waals surface area contributed by atoms with E-state index in [0.717, 1.165) is 50.8 Å². The molecule has 0 bridgehead atoms. The van der Waals surface area contributed by atoms with E-state index < -0.39 is 0 Å². The largest absolute Gasteiger partial charge is 0.324 e. The van der Waals surface area contributed by atoms with Crippen LogP contribution in [0.3, 0.4) is 0 Å². The molecular formula is C21H20BrN5OS. The van der Waals surface area contributed by atoms with Gasteiger partial charge in [0.2, 0.25) is 11.1 Å². The first-order chi connectivity index (χ1) is 14.1. The highest BCUT2D eigenvalue weighted by molar-refractivity contribution is 9.10. The van der Waals surface area contributed by atoms with Crippen LogP contribution in [-0.4, -0.2) is 31.4 Å². The van der Waals surface area contributed by atoms with Gasteiger partial charge in [0.05, 0.1) is 17.0 Å². The number of para-hydroxylation sites is 1. The Morgan fingerprint density at radius 1 is 1.21 bits per heavy atom. The predicted octanol–water partition coefficient (Wildman–Crippen LogP) is 5.19. The molecule has 0 saturated heterocycles. The van der Waals surface area contributed by atoms with Crippen molar-refractivity contribution in [3.8, 4) is 0 Å². The lowest BCUT2D eigenvalue weighted by Crippen LogP contribution is -2.14. The van der Waals surface area contributed by atoms with Crippen LogP contribution in [0.15, 0.2) is 52.1 Å². The molecule has 0 fully saturated rings. The van der Waals surface area contributed by atoms with Crippen LogP contribution in [0.4, 0.5) is 5.69 Å². The van der Waals surface area contributed by atoms with Gasteiger partial charge in [-0.25, -0.2) is 4.98 Å². The molecule has 0 atom stereocenters. The van der Waals surface area contributed by atoms with E-state index >= 15 is 0 Å². The van der Waals surface area contributed by atoms with Gasteiger partial charge in [-0.1, -0.05) is 43.0 Å². The lowest BCUT2D eigenvalue weighted by atomic mass is 10.2. The van der Waals surface area contributed by atoms with Crippen LogP contribution >= 0.6 is 27.7 Å². The topological polar surface area (TPSA) is 72.7 Å². The predicted molar refractivity (Wildman–Crippen MR) is 121 cm³/mol. The van der Waals surface area contributed by atoms with E-state index in [0.29, 0.717) is 5.16 Å². The van der Waals surface area contributed by atoms with Gasteiger partial charge in [0, 0.05) is 16.4 Å². The van der Waals surface area contributed by atoms with Gasteiger partial charge in [-0.05, 0) is 53.0 Å². The third-order valence-electron chi connectivity index (χ3n) is 4.53. The molecule has 0 aliphatic rings. The van der Waals surface area contributed by atoms with Gasteiger partial charge in [0.25, 0.3) is 0 Å². The van der Waals surface area contributed by atoms with Crippen molar-refractivity contribution >= 4 is 61.4 Å². The number of aryl methyl sites for hydroxylation is 2. The van der Waals surface area contributed by atoms with Crippen molar-refractivity contribution in [2.75, 3.05) is 11.1 Å². The Hall–Kier alpha value is -2.45. The van der Waals surface area contributed by atoms with Gasteiger partial charge in [-0.3, -0.25) is 4.79 Å². The Labute approximate surface area is 181 Å². The van der Waals surface area contributed by atoms with Crippen molar-refractivity contribution in [2.24, 2.45) is 0 Å². The minimum Gasteiger partial charge on any atom is -0.324 e. The van der Waals surface area contributed by atoms with E-state index in [4.69, 9.17) is 4.98 Å². The number of nitrogens with one attached hydrogen (secondary N) is 1. The van der Waals surface area contributed by atoms with Crippen LogP contribution in [0.1, 0.15) is 18.9 Å². The molecule has 8 heteroatoms. The van der Waals surface area contributed by atoms with Crippen LogP contribution in [-0.2, 0) is 11.3 Å². The minimum atomic E-state index is -0.114. The molecule has 0 aliphatic carbocycles. The smallest absolute Gasteiger partial charge is 0.234 e. The first-order valence-electron chi connectivity index (χ1n) is 9.37. The van der Waals surface area contributed by atoms with Crippen LogP contribution in [0.25, 0.3) is 22.1 Å². The van der Waals surface area contributed by atoms with E-state index in [-0.39, 0.29) is 11.7 Å². The molecule has 1 amide bonds. The summed E-state index contributed by atoms with van der Waals surface area (Å²) in [5.41, 5.74) is 4.59. The monoisotopic (exact) mass is 469 g/mol. The summed E-state index contributed by atoms with van der Waals surface area (Å²) in [5, 5.41) is 13.1. The molecule has 2 heterocycles. The highest BCUT2D eigenvalue weighted by Gasteiger charge is 2.15. The summed E-state index contributed by atoms with van der Waals surface area (Å²) in [6.45, 7) is 5.00. The Balaban J connectivity index is 1.54. The zero-order valence-electron chi connectivity index (χ0n) is 16.1. The van der Waals surface area contributed by atoms with Gasteiger partial charge >= 0.3 is 0 Å². The molecule has 1 N–H and O–H groups in total. The summed E-state index contributed by atoms with van der Waals surface area (Å²) in [5.74, 6) is 0.0963. The first-order valence-corrected chi connectivity index (χ1v) is 11.1. The normalized spacial score (nSPS) is 11.3. The number of carbonyl (C=O) groups is 1. The van der Waals surface area contributed by atoms with E-state index in [1.54, 1.807) is 0 Å². The van der Waals surface area contributed by atoms with Crippen LogP contribution < -0.4 is 5.32 Å². The van der Waals surface area contributed by atoms with Crippen molar-refractivity contribution in [3.63, 3.8) is 0 Å². The third-order valence-corrected chi connectivity index (χ3v) is 6.03. The molecule has 2 aromatic carbocycles. The maximum atomic E-state index is 12.4. The van der Waals surface area contributed by atoms with Gasteiger partial charge < -0.3 is 9.88 Å². The number of amides is 1. The molecule has 4 rings (SSSR count). The number of hydrogen-bond donors (Lipinski definition) is 1. The van der Waals surface area contributed by atoms with Crippen molar-refractivity contribution in [2.45, 2.75) is 32.0 Å². The number of nitrogens with zero attached hydrogens (tertiary/aromatic N) is 4. The van der Waals surface area contributed by atoms with Crippen molar-refractivity contribution in [3.05, 3.63) is 52.5 Å². The first kappa shape index (κ1) is 19.8. The Morgan fingerprint density at radius 3 is 2.83 bits per heavy atom. The molecule has 0 saturated carbocycles. The Kier molecular flexibility index (Phi) is 5.82.